The molecule has 7 heteroatoms. The van der Waals surface area contributed by atoms with Gasteiger partial charge in [0.05, 0.1) is 17.5 Å². The number of benzene rings is 2. The number of nitrogens with zero attached hydrogens (tertiary/aromatic N) is 1. The number of hydrogen-bond donors (Lipinski definition) is 1. The lowest BCUT2D eigenvalue weighted by Crippen LogP contribution is -1.91. The molecule has 2 rings (SSSR count). The first-order chi connectivity index (χ1) is 11.3. The van der Waals surface area contributed by atoms with Gasteiger partial charge in [-0.1, -0.05) is 38.1 Å². The molecular formula is C17H20F4N2S. The molecule has 0 atom stereocenters. The van der Waals surface area contributed by atoms with E-state index in [0.29, 0.717) is 16.7 Å². The molecule has 0 amide bonds. The van der Waals surface area contributed by atoms with E-state index >= 15 is 0 Å². The van der Waals surface area contributed by atoms with Gasteiger partial charge in [-0.25, -0.2) is 4.39 Å². The second-order valence-corrected chi connectivity index (χ2v) is 5.54. The van der Waals surface area contributed by atoms with Crippen molar-refractivity contribution in [3.05, 3.63) is 53.8 Å². The van der Waals surface area contributed by atoms with Crippen molar-refractivity contribution in [2.24, 2.45) is 5.73 Å². The van der Waals surface area contributed by atoms with Crippen LogP contribution in [0.5, 0.6) is 0 Å². The zero-order valence-electron chi connectivity index (χ0n) is 13.7. The number of nitriles is 1. The summed E-state index contributed by atoms with van der Waals surface area (Å²) in [5.74, 6) is -0.363. The molecular weight excluding hydrogens is 340 g/mol. The Morgan fingerprint density at radius 2 is 1.46 bits per heavy atom. The van der Waals surface area contributed by atoms with Crippen LogP contribution < -0.4 is 5.73 Å². The Balaban J connectivity index is 0.000000773. The third-order valence-corrected chi connectivity index (χ3v) is 3.52. The van der Waals surface area contributed by atoms with Gasteiger partial charge in [-0.05, 0) is 41.8 Å². The van der Waals surface area contributed by atoms with Gasteiger partial charge in [-0.15, -0.1) is 11.7 Å². The highest BCUT2D eigenvalue weighted by atomic mass is 32.3. The summed E-state index contributed by atoms with van der Waals surface area (Å²) in [6.07, 6.45) is 0. The second-order valence-electron chi connectivity index (χ2n) is 4.26. The highest BCUT2D eigenvalue weighted by molar-refractivity contribution is 8.20. The van der Waals surface area contributed by atoms with E-state index < -0.39 is 16.1 Å². The number of hydrogen-bond acceptors (Lipinski definition) is 2. The fourth-order valence-electron chi connectivity index (χ4n) is 1.57. The summed E-state index contributed by atoms with van der Waals surface area (Å²) < 4.78 is 50.7. The molecule has 0 saturated carbocycles. The first kappa shape index (κ1) is 22.0. The van der Waals surface area contributed by atoms with Gasteiger partial charge in [0.25, 0.3) is 0 Å². The van der Waals surface area contributed by atoms with Crippen molar-refractivity contribution in [3.8, 4) is 17.2 Å². The summed E-state index contributed by atoms with van der Waals surface area (Å²) in [5, 5.41) is 7.50. The summed E-state index contributed by atoms with van der Waals surface area (Å²) in [4.78, 5) is -0.626. The number of nitrogens with two attached hydrogens (primary N) is 1. The predicted molar refractivity (Wildman–Crippen MR) is 91.8 cm³/mol. The van der Waals surface area contributed by atoms with Crippen molar-refractivity contribution in [1.29, 1.82) is 5.26 Å². The smallest absolute Gasteiger partial charge is 0.237 e. The van der Waals surface area contributed by atoms with Gasteiger partial charge in [0.15, 0.2) is 0 Å². The van der Waals surface area contributed by atoms with E-state index in [-0.39, 0.29) is 12.4 Å². The lowest BCUT2D eigenvalue weighted by Gasteiger charge is -2.10. The molecule has 0 aliphatic carbocycles. The predicted octanol–water partition coefficient (Wildman–Crippen LogP) is 6.11. The summed E-state index contributed by atoms with van der Waals surface area (Å²) in [7, 11) is 0. The topological polar surface area (TPSA) is 49.8 Å². The molecule has 2 aromatic rings. The van der Waals surface area contributed by atoms with Crippen LogP contribution in [0.25, 0.3) is 11.1 Å². The molecule has 0 aliphatic rings. The quantitative estimate of drug-likeness (QED) is 0.518. The molecule has 0 aromatic heterocycles. The van der Waals surface area contributed by atoms with Crippen LogP contribution in [0.3, 0.4) is 0 Å². The molecule has 0 fully saturated rings. The average molecular weight is 360 g/mol. The Labute approximate surface area is 142 Å². The van der Waals surface area contributed by atoms with E-state index in [2.05, 4.69) is 5.73 Å². The van der Waals surface area contributed by atoms with Crippen LogP contribution in [0.1, 0.15) is 19.4 Å². The Hall–Kier alpha value is -2.04. The van der Waals surface area contributed by atoms with E-state index in [0.717, 1.165) is 12.1 Å². The Bertz CT molecular complexity index is 662. The number of aryl methyl sites for hydroxylation is 1. The van der Waals surface area contributed by atoms with Crippen LogP contribution in [0.4, 0.5) is 16.0 Å². The molecule has 0 heterocycles. The molecule has 24 heavy (non-hydrogen) atoms. The van der Waals surface area contributed by atoms with Gasteiger partial charge in [0.2, 0.25) is 11.2 Å². The maximum atomic E-state index is 13.4. The monoisotopic (exact) mass is 360 g/mol. The number of halogens is 4. The molecule has 0 radical (unpaired) electrons. The minimum absolute atomic E-state index is 0.125. The zero-order valence-corrected chi connectivity index (χ0v) is 14.5. The Kier molecular flexibility index (Phi) is 9.77. The fourth-order valence-corrected chi connectivity index (χ4v) is 2.02. The zero-order chi connectivity index (χ0) is 18.8. The van der Waals surface area contributed by atoms with E-state index in [1.165, 1.54) is 18.2 Å². The van der Waals surface area contributed by atoms with Crippen molar-refractivity contribution in [3.63, 3.8) is 0 Å². The minimum Gasteiger partial charge on any atom is -0.318 e. The molecule has 0 aliphatic heterocycles. The SMILES string of the molecule is CC.Cc1ccc(-c2ccc(S(F)(F)F)cc2)cc1F.N#CCN. The highest BCUT2D eigenvalue weighted by Crippen LogP contribution is 2.60. The highest BCUT2D eigenvalue weighted by Gasteiger charge is 2.23. The van der Waals surface area contributed by atoms with Crippen molar-refractivity contribution >= 4 is 11.2 Å². The van der Waals surface area contributed by atoms with Crippen LogP contribution in [0.15, 0.2) is 47.4 Å². The molecule has 0 spiro atoms. The van der Waals surface area contributed by atoms with Crippen molar-refractivity contribution in [1.82, 2.24) is 0 Å². The molecule has 2 N–H and O–H groups in total. The Morgan fingerprint density at radius 1 is 1.00 bits per heavy atom. The summed E-state index contributed by atoms with van der Waals surface area (Å²) in [5.41, 5.74) is 6.32. The second kappa shape index (κ2) is 10.7. The summed E-state index contributed by atoms with van der Waals surface area (Å²) in [6, 6.07) is 11.1. The van der Waals surface area contributed by atoms with Crippen LogP contribution in [-0.4, -0.2) is 6.54 Å². The van der Waals surface area contributed by atoms with Gasteiger partial charge in [-0.2, -0.15) is 5.26 Å². The van der Waals surface area contributed by atoms with Crippen LogP contribution in [0.2, 0.25) is 0 Å². The van der Waals surface area contributed by atoms with Crippen LogP contribution in [0, 0.1) is 24.1 Å². The molecule has 2 aromatic carbocycles. The fraction of sp³-hybridized carbons (Fsp3) is 0.235. The van der Waals surface area contributed by atoms with Crippen LogP contribution >= 0.6 is 11.2 Å². The van der Waals surface area contributed by atoms with Gasteiger partial charge < -0.3 is 5.73 Å². The van der Waals surface area contributed by atoms with Gasteiger partial charge >= 0.3 is 0 Å². The van der Waals surface area contributed by atoms with E-state index in [1.54, 1.807) is 25.1 Å². The summed E-state index contributed by atoms with van der Waals surface area (Å²) >= 11 is -5.19. The van der Waals surface area contributed by atoms with Gasteiger partial charge in [0, 0.05) is 0 Å². The molecule has 132 valence electrons. The number of rotatable bonds is 2. The molecule has 0 unspecified atom stereocenters. The third kappa shape index (κ3) is 7.02. The minimum atomic E-state index is -5.19. The molecule has 0 saturated heterocycles. The maximum Gasteiger partial charge on any atom is 0.237 e. The van der Waals surface area contributed by atoms with Crippen molar-refractivity contribution in [2.75, 3.05) is 6.54 Å². The largest absolute Gasteiger partial charge is 0.318 e. The van der Waals surface area contributed by atoms with Gasteiger partial charge in [-0.3, -0.25) is 0 Å². The first-order valence-corrected chi connectivity index (χ1v) is 8.48. The van der Waals surface area contributed by atoms with E-state index in [9.17, 15) is 16.0 Å². The van der Waals surface area contributed by atoms with Gasteiger partial charge in [0.1, 0.15) is 5.82 Å². The van der Waals surface area contributed by atoms with E-state index in [4.69, 9.17) is 5.26 Å². The molecule has 2 nitrogen and oxygen atoms in total. The normalized spacial score (nSPS) is 10.5. The average Bonchev–Trinajstić information content (AvgIpc) is 2.59. The first-order valence-electron chi connectivity index (χ1n) is 7.15. The lowest BCUT2D eigenvalue weighted by molar-refractivity contribution is 0.619. The summed E-state index contributed by atoms with van der Waals surface area (Å²) in [6.45, 7) is 5.76. The standard InChI is InChI=1S/C13H10F4S.C2H4N2.C2H6/c1-9-2-3-11(8-13(9)14)10-4-6-12(7-5-10)18(15,16)17;3-1-2-4;1-2/h2-8H,1H3;1,3H2;1-2H3. The van der Waals surface area contributed by atoms with Crippen molar-refractivity contribution < 1.29 is 16.0 Å². The maximum absolute atomic E-state index is 13.4. The van der Waals surface area contributed by atoms with E-state index in [1.807, 2.05) is 13.8 Å². The van der Waals surface area contributed by atoms with Crippen LogP contribution in [-0.2, 0) is 0 Å². The van der Waals surface area contributed by atoms with Crippen molar-refractivity contribution in [2.45, 2.75) is 25.7 Å². The third-order valence-electron chi connectivity index (χ3n) is 2.72. The Morgan fingerprint density at radius 3 is 1.83 bits per heavy atom. The molecule has 0 bridgehead atoms. The lowest BCUT2D eigenvalue weighted by atomic mass is 10.0.